The number of thioether (sulfide) groups is 1. The summed E-state index contributed by atoms with van der Waals surface area (Å²) < 4.78 is 3.61. The Bertz CT molecular complexity index is 1540. The molecule has 0 spiro atoms. The molecule has 5 rings (SSSR count). The summed E-state index contributed by atoms with van der Waals surface area (Å²) in [6.07, 6.45) is 0. The third-order valence-electron chi connectivity index (χ3n) is 5.43. The number of para-hydroxylation sites is 1. The number of rotatable bonds is 5. The second-order valence-corrected chi connectivity index (χ2v) is 8.51. The lowest BCUT2D eigenvalue weighted by Gasteiger charge is -2.12. The Balaban J connectivity index is 1.63. The van der Waals surface area contributed by atoms with Crippen molar-refractivity contribution in [3.8, 4) is 6.07 Å². The van der Waals surface area contributed by atoms with E-state index < -0.39 is 0 Å². The SMILES string of the molecule is Cc1ccc(Cn2c(=O)c3ccccc3n3c(SCc4ccccc4C#N)nnc23)cc1. The lowest BCUT2D eigenvalue weighted by molar-refractivity contribution is 0.763. The first kappa shape index (κ1) is 20.0. The van der Waals surface area contributed by atoms with Gasteiger partial charge in [0.05, 0.1) is 29.1 Å². The number of fused-ring (bicyclic) bond motifs is 3. The summed E-state index contributed by atoms with van der Waals surface area (Å²) in [4.78, 5) is 13.3. The van der Waals surface area contributed by atoms with Crippen molar-refractivity contribution in [2.24, 2.45) is 0 Å². The van der Waals surface area contributed by atoms with E-state index in [2.05, 4.69) is 16.3 Å². The Morgan fingerprint density at radius 2 is 1.72 bits per heavy atom. The van der Waals surface area contributed by atoms with Crippen LogP contribution in [0.25, 0.3) is 16.7 Å². The molecule has 0 saturated carbocycles. The molecule has 0 bridgehead atoms. The van der Waals surface area contributed by atoms with Crippen LogP contribution < -0.4 is 5.56 Å². The molecule has 32 heavy (non-hydrogen) atoms. The van der Waals surface area contributed by atoms with E-state index in [1.54, 1.807) is 4.57 Å². The summed E-state index contributed by atoms with van der Waals surface area (Å²) >= 11 is 1.50. The normalized spacial score (nSPS) is 11.1. The molecule has 7 heteroatoms. The Kier molecular flexibility index (Phi) is 5.21. The van der Waals surface area contributed by atoms with Crippen LogP contribution in [0.2, 0.25) is 0 Å². The Morgan fingerprint density at radius 1 is 0.969 bits per heavy atom. The van der Waals surface area contributed by atoms with Crippen molar-refractivity contribution in [2.75, 3.05) is 0 Å². The Morgan fingerprint density at radius 3 is 2.53 bits per heavy atom. The Hall–Kier alpha value is -3.89. The standard InChI is InChI=1S/C25H19N5OS/c1-17-10-12-18(13-11-17)15-29-23(31)21-8-4-5-9-22(21)30-24(29)27-28-25(30)32-16-20-7-3-2-6-19(20)14-26/h2-13H,15-16H2,1H3. The lowest BCUT2D eigenvalue weighted by atomic mass is 10.1. The number of aromatic nitrogens is 4. The molecule has 156 valence electrons. The Labute approximate surface area is 188 Å². The number of aryl methyl sites for hydroxylation is 1. The molecule has 0 amide bonds. The van der Waals surface area contributed by atoms with Gasteiger partial charge in [0.2, 0.25) is 5.78 Å². The minimum Gasteiger partial charge on any atom is -0.272 e. The second kappa shape index (κ2) is 8.33. The van der Waals surface area contributed by atoms with E-state index in [-0.39, 0.29) is 5.56 Å². The van der Waals surface area contributed by atoms with Gasteiger partial charge in [-0.3, -0.25) is 13.8 Å². The number of hydrogen-bond acceptors (Lipinski definition) is 5. The maximum Gasteiger partial charge on any atom is 0.263 e. The molecule has 5 aromatic rings. The molecule has 6 nitrogen and oxygen atoms in total. The van der Waals surface area contributed by atoms with Crippen molar-refractivity contribution in [1.29, 1.82) is 5.26 Å². The van der Waals surface area contributed by atoms with Gasteiger partial charge >= 0.3 is 0 Å². The third-order valence-corrected chi connectivity index (χ3v) is 6.41. The van der Waals surface area contributed by atoms with Crippen LogP contribution in [0.5, 0.6) is 0 Å². The van der Waals surface area contributed by atoms with E-state index in [0.717, 1.165) is 16.6 Å². The van der Waals surface area contributed by atoms with Gasteiger partial charge in [-0.15, -0.1) is 10.2 Å². The highest BCUT2D eigenvalue weighted by molar-refractivity contribution is 7.98. The smallest absolute Gasteiger partial charge is 0.263 e. The number of nitrogens with zero attached hydrogens (tertiary/aromatic N) is 5. The van der Waals surface area contributed by atoms with Gasteiger partial charge in [0.15, 0.2) is 5.16 Å². The van der Waals surface area contributed by atoms with E-state index in [0.29, 0.717) is 34.2 Å². The summed E-state index contributed by atoms with van der Waals surface area (Å²) in [6.45, 7) is 2.45. The summed E-state index contributed by atoms with van der Waals surface area (Å²) in [5, 5.41) is 19.5. The van der Waals surface area contributed by atoms with Crippen LogP contribution in [-0.2, 0) is 12.3 Å². The van der Waals surface area contributed by atoms with E-state index in [4.69, 9.17) is 0 Å². The van der Waals surface area contributed by atoms with Crippen LogP contribution in [0.15, 0.2) is 82.7 Å². The average molecular weight is 438 g/mol. The van der Waals surface area contributed by atoms with Gasteiger partial charge in [-0.05, 0) is 36.2 Å². The molecular weight excluding hydrogens is 418 g/mol. The first-order valence-corrected chi connectivity index (χ1v) is 11.2. The lowest BCUT2D eigenvalue weighted by Crippen LogP contribution is -2.24. The predicted octanol–water partition coefficient (Wildman–Crippen LogP) is 4.56. The molecule has 0 aliphatic heterocycles. The molecule has 2 aromatic heterocycles. The van der Waals surface area contributed by atoms with E-state index >= 15 is 0 Å². The molecule has 0 fully saturated rings. The summed E-state index contributed by atoms with van der Waals surface area (Å²) in [6, 6.07) is 25.4. The maximum absolute atomic E-state index is 13.3. The largest absolute Gasteiger partial charge is 0.272 e. The molecule has 3 aromatic carbocycles. The van der Waals surface area contributed by atoms with Gasteiger partial charge in [-0.25, -0.2) is 0 Å². The summed E-state index contributed by atoms with van der Waals surface area (Å²) in [7, 11) is 0. The van der Waals surface area contributed by atoms with Crippen molar-refractivity contribution >= 4 is 28.4 Å². The number of hydrogen-bond donors (Lipinski definition) is 0. The van der Waals surface area contributed by atoms with Crippen molar-refractivity contribution < 1.29 is 0 Å². The van der Waals surface area contributed by atoms with E-state index in [1.165, 1.54) is 17.3 Å². The zero-order valence-corrected chi connectivity index (χ0v) is 18.2. The first-order chi connectivity index (χ1) is 15.7. The average Bonchev–Trinajstić information content (AvgIpc) is 3.26. The zero-order chi connectivity index (χ0) is 22.1. The molecule has 0 aliphatic rings. The molecule has 0 radical (unpaired) electrons. The number of benzene rings is 3. The predicted molar refractivity (Wildman–Crippen MR) is 126 cm³/mol. The van der Waals surface area contributed by atoms with Crippen molar-refractivity contribution in [2.45, 2.75) is 24.4 Å². The zero-order valence-electron chi connectivity index (χ0n) is 17.4. The topological polar surface area (TPSA) is 76.0 Å². The molecule has 2 heterocycles. The van der Waals surface area contributed by atoms with Crippen LogP contribution in [0.1, 0.15) is 22.3 Å². The van der Waals surface area contributed by atoms with Gasteiger partial charge in [0.25, 0.3) is 5.56 Å². The summed E-state index contributed by atoms with van der Waals surface area (Å²) in [5.74, 6) is 1.08. The van der Waals surface area contributed by atoms with Gasteiger partial charge in [-0.2, -0.15) is 5.26 Å². The van der Waals surface area contributed by atoms with Crippen LogP contribution in [-0.4, -0.2) is 19.2 Å². The van der Waals surface area contributed by atoms with Crippen LogP contribution in [0, 0.1) is 18.3 Å². The van der Waals surface area contributed by atoms with Gasteiger partial charge in [0, 0.05) is 5.75 Å². The van der Waals surface area contributed by atoms with Crippen molar-refractivity contribution in [3.05, 3.63) is 105 Å². The number of nitriles is 1. The second-order valence-electron chi connectivity index (χ2n) is 7.57. The monoisotopic (exact) mass is 437 g/mol. The fraction of sp³-hybridized carbons (Fsp3) is 0.120. The highest BCUT2D eigenvalue weighted by Crippen LogP contribution is 2.26. The molecule has 0 atom stereocenters. The first-order valence-electron chi connectivity index (χ1n) is 10.2. The van der Waals surface area contributed by atoms with E-state index in [9.17, 15) is 10.1 Å². The molecule has 0 saturated heterocycles. The highest BCUT2D eigenvalue weighted by Gasteiger charge is 2.17. The van der Waals surface area contributed by atoms with E-state index in [1.807, 2.05) is 84.1 Å². The minimum absolute atomic E-state index is 0.0903. The van der Waals surface area contributed by atoms with Crippen LogP contribution >= 0.6 is 11.8 Å². The minimum atomic E-state index is -0.0903. The third kappa shape index (κ3) is 3.55. The van der Waals surface area contributed by atoms with Crippen molar-refractivity contribution in [3.63, 3.8) is 0 Å². The maximum atomic E-state index is 13.3. The summed E-state index contributed by atoms with van der Waals surface area (Å²) in [5.41, 5.74) is 4.46. The van der Waals surface area contributed by atoms with Gasteiger partial charge in [0.1, 0.15) is 0 Å². The van der Waals surface area contributed by atoms with Gasteiger partial charge in [-0.1, -0.05) is 71.9 Å². The quantitative estimate of drug-likeness (QED) is 0.377. The molecule has 0 N–H and O–H groups in total. The van der Waals surface area contributed by atoms with Crippen molar-refractivity contribution in [1.82, 2.24) is 19.2 Å². The fourth-order valence-corrected chi connectivity index (χ4v) is 4.69. The molecular formula is C25H19N5OS. The highest BCUT2D eigenvalue weighted by atomic mass is 32.2. The fourth-order valence-electron chi connectivity index (χ4n) is 3.74. The van der Waals surface area contributed by atoms with Crippen LogP contribution in [0.3, 0.4) is 0 Å². The molecule has 0 aliphatic carbocycles. The van der Waals surface area contributed by atoms with Gasteiger partial charge < -0.3 is 0 Å². The molecule has 0 unspecified atom stereocenters. The van der Waals surface area contributed by atoms with Crippen LogP contribution in [0.4, 0.5) is 0 Å².